The molecule has 1 aromatic heterocycles. The number of carbonyl (C=O) groups is 1. The van der Waals surface area contributed by atoms with Gasteiger partial charge < -0.3 is 50.0 Å². The topological polar surface area (TPSA) is 219 Å². The minimum atomic E-state index is -1.67. The summed E-state index contributed by atoms with van der Waals surface area (Å²) in [6.07, 6.45) is 7.03. The van der Waals surface area contributed by atoms with E-state index in [9.17, 15) is 30.5 Å². The van der Waals surface area contributed by atoms with Gasteiger partial charge in [0.15, 0.2) is 0 Å². The number of hydrogen-bond donors (Lipinski definition) is 6. The van der Waals surface area contributed by atoms with Crippen molar-refractivity contribution in [1.82, 2.24) is 30.1 Å². The zero-order valence-electron chi connectivity index (χ0n) is 31.9. The number of hydrogen-bond acceptors (Lipinski definition) is 14. The number of nitriles is 1. The minimum absolute atomic E-state index is 0.0216. The molecule has 0 radical (unpaired) electrons. The summed E-state index contributed by atoms with van der Waals surface area (Å²) in [5, 5.41) is 71.3. The molecule has 10 atom stereocenters. The van der Waals surface area contributed by atoms with Crippen LogP contribution in [0.1, 0.15) is 83.2 Å². The van der Waals surface area contributed by atoms with E-state index in [1.54, 1.807) is 9.58 Å². The Kier molecular flexibility index (Phi) is 14.0. The van der Waals surface area contributed by atoms with Crippen molar-refractivity contribution in [3.63, 3.8) is 0 Å². The van der Waals surface area contributed by atoms with Gasteiger partial charge in [0.25, 0.3) is 0 Å². The van der Waals surface area contributed by atoms with Crippen LogP contribution < -0.4 is 5.32 Å². The number of unbranched alkanes of at least 4 members (excludes halogenated alkanes) is 3. The molecule has 54 heavy (non-hydrogen) atoms. The third-order valence-corrected chi connectivity index (χ3v) is 13.2. The first-order valence-corrected chi connectivity index (χ1v) is 20.3. The molecule has 2 bridgehead atoms. The summed E-state index contributed by atoms with van der Waals surface area (Å²) in [6, 6.07) is 2.00. The predicted octanol–water partition coefficient (Wildman–Crippen LogP) is -0.0484. The number of rotatable bonds is 26. The van der Waals surface area contributed by atoms with Crippen LogP contribution >= 0.6 is 0 Å². The van der Waals surface area contributed by atoms with Crippen molar-refractivity contribution < 1.29 is 44.5 Å². The number of nitrogens with zero attached hydrogens (tertiary/aromatic N) is 6. The Bertz CT molecular complexity index is 1420. The van der Waals surface area contributed by atoms with Crippen LogP contribution in [-0.4, -0.2) is 164 Å². The van der Waals surface area contributed by atoms with E-state index in [1.807, 2.05) is 11.1 Å². The Hall–Kier alpha value is -2.30. The van der Waals surface area contributed by atoms with Crippen LogP contribution in [0, 0.1) is 28.6 Å². The normalized spacial score (nSPS) is 31.5. The summed E-state index contributed by atoms with van der Waals surface area (Å²) < 4.78 is 20.0. The monoisotopic (exact) mass is 761 g/mol. The van der Waals surface area contributed by atoms with Gasteiger partial charge in [-0.25, -0.2) is 4.68 Å². The van der Waals surface area contributed by atoms with Crippen LogP contribution in [0.2, 0.25) is 0 Å². The number of aliphatic hydroxyl groups is 5. The predicted molar refractivity (Wildman–Crippen MR) is 194 cm³/mol. The lowest BCUT2D eigenvalue weighted by atomic mass is 9.32. The Balaban J connectivity index is 0.858. The maximum atomic E-state index is 13.0. The van der Waals surface area contributed by atoms with Crippen molar-refractivity contribution in [3.8, 4) is 6.07 Å². The number of ether oxygens (including phenoxy) is 3. The molecule has 0 aromatic carbocycles. The fourth-order valence-corrected chi connectivity index (χ4v) is 10.8. The van der Waals surface area contributed by atoms with Gasteiger partial charge in [-0.05, 0) is 69.7 Å². The van der Waals surface area contributed by atoms with E-state index in [0.29, 0.717) is 83.3 Å². The number of amides is 1. The van der Waals surface area contributed by atoms with E-state index < -0.39 is 31.0 Å². The van der Waals surface area contributed by atoms with E-state index in [0.717, 1.165) is 57.8 Å². The lowest BCUT2D eigenvalue weighted by Crippen LogP contribution is -2.86. The summed E-state index contributed by atoms with van der Waals surface area (Å²) in [6.45, 7) is 6.33. The van der Waals surface area contributed by atoms with E-state index in [-0.39, 0.29) is 35.0 Å². The first kappa shape index (κ1) is 41.3. The fourth-order valence-electron chi connectivity index (χ4n) is 10.8. The van der Waals surface area contributed by atoms with Crippen LogP contribution in [0.4, 0.5) is 0 Å². The average Bonchev–Trinajstić information content (AvgIpc) is 3.96. The van der Waals surface area contributed by atoms with Gasteiger partial charge in [-0.1, -0.05) is 31.4 Å². The average molecular weight is 762 g/mol. The number of carbonyl (C=O) groups excluding carboxylic acids is 1. The highest BCUT2D eigenvalue weighted by molar-refractivity contribution is 5.79. The first-order chi connectivity index (χ1) is 26.1. The molecule has 1 amide bonds. The van der Waals surface area contributed by atoms with E-state index in [4.69, 9.17) is 19.3 Å². The number of nitrogens with one attached hydrogen (secondary N) is 1. The third kappa shape index (κ3) is 8.37. The Labute approximate surface area is 318 Å². The Morgan fingerprint density at radius 3 is 2.61 bits per heavy atom. The van der Waals surface area contributed by atoms with Crippen LogP contribution in [0.15, 0.2) is 6.20 Å². The van der Waals surface area contributed by atoms with Crippen molar-refractivity contribution in [1.29, 1.82) is 5.26 Å². The minimum Gasteiger partial charge on any atom is -0.394 e. The molecule has 6 rings (SSSR count). The van der Waals surface area contributed by atoms with Crippen LogP contribution in [0.5, 0.6) is 0 Å². The molecule has 5 aliphatic rings. The van der Waals surface area contributed by atoms with Gasteiger partial charge >= 0.3 is 0 Å². The molecule has 4 aliphatic carbocycles. The highest BCUT2D eigenvalue weighted by Gasteiger charge is 2.88. The fraction of sp³-hybridized carbons (Fsp3) is 0.895. The molecule has 6 N–H and O–H groups in total. The Morgan fingerprint density at radius 1 is 1.07 bits per heavy atom. The highest BCUT2D eigenvalue weighted by atomic mass is 16.6. The number of likely N-dealkylation sites (tertiary alicyclic amines) is 1. The molecule has 1 aliphatic heterocycles. The second-order valence-corrected chi connectivity index (χ2v) is 16.5. The van der Waals surface area contributed by atoms with Crippen molar-refractivity contribution in [3.05, 3.63) is 11.9 Å². The zero-order valence-corrected chi connectivity index (χ0v) is 31.9. The molecule has 1 aromatic rings. The van der Waals surface area contributed by atoms with Gasteiger partial charge in [-0.3, -0.25) is 9.69 Å². The highest BCUT2D eigenvalue weighted by Crippen LogP contribution is 2.85. The summed E-state index contributed by atoms with van der Waals surface area (Å²) in [5.74, 6) is 1.41. The van der Waals surface area contributed by atoms with Gasteiger partial charge in [-0.2, -0.15) is 5.26 Å². The van der Waals surface area contributed by atoms with Crippen molar-refractivity contribution in [2.75, 3.05) is 65.8 Å². The molecular formula is C38H63N7O9. The van der Waals surface area contributed by atoms with Gasteiger partial charge in [0.2, 0.25) is 5.91 Å². The first-order valence-electron chi connectivity index (χ1n) is 20.3. The molecule has 304 valence electrons. The molecule has 16 heteroatoms. The maximum absolute atomic E-state index is 13.0. The molecule has 4 saturated carbocycles. The van der Waals surface area contributed by atoms with Gasteiger partial charge in [0.05, 0.1) is 76.2 Å². The number of aliphatic hydroxyl groups excluding tert-OH is 5. The molecular weight excluding hydrogens is 698 g/mol. The molecule has 1 saturated heterocycles. The molecule has 1 spiro atoms. The quantitative estimate of drug-likeness (QED) is 0.0683. The van der Waals surface area contributed by atoms with Crippen molar-refractivity contribution in [2.24, 2.45) is 17.3 Å². The summed E-state index contributed by atoms with van der Waals surface area (Å²) >= 11 is 0. The van der Waals surface area contributed by atoms with Crippen LogP contribution in [-0.2, 0) is 32.1 Å². The van der Waals surface area contributed by atoms with Crippen molar-refractivity contribution >= 4 is 5.91 Å². The maximum Gasteiger partial charge on any atom is 0.237 e. The smallest absolute Gasteiger partial charge is 0.237 e. The second-order valence-electron chi connectivity index (χ2n) is 16.5. The number of aromatic nitrogens is 3. The van der Waals surface area contributed by atoms with Crippen LogP contribution in [0.25, 0.3) is 0 Å². The Morgan fingerprint density at radius 2 is 1.85 bits per heavy atom. The van der Waals surface area contributed by atoms with Gasteiger partial charge in [0.1, 0.15) is 24.4 Å². The molecule has 5 fully saturated rings. The van der Waals surface area contributed by atoms with E-state index in [2.05, 4.69) is 28.6 Å². The summed E-state index contributed by atoms with van der Waals surface area (Å²) in [5.41, 5.74) is 0.683. The molecule has 2 heterocycles. The summed E-state index contributed by atoms with van der Waals surface area (Å²) in [7, 11) is 0. The molecule has 16 nitrogen and oxygen atoms in total. The lowest BCUT2D eigenvalue weighted by Gasteiger charge is -2.78. The van der Waals surface area contributed by atoms with Crippen molar-refractivity contribution in [2.45, 2.75) is 132 Å². The number of fused-ring (bicyclic) bond motifs is 1. The second kappa shape index (κ2) is 18.3. The SMILES string of the molecule is CCCCCCN(Cc1cn(CCOCCOCCOC23CC4CC5CC(NCC(=O)N6CCC[C@H]6C#N)(C2)C43C5)nn1)C[C@H](O)[C@@H](O)[C@H](O)[C@H](O)CO. The molecule has 5 unspecified atom stereocenters. The standard InChI is InChI=1S/C38H63N7O9/c1-2-3-4-5-8-43(24-31(47)34(50)35(51)32(48)25-46)22-29-23-44(42-41-29)10-11-52-12-13-53-14-15-54-37-19-28-16-27-17-36(26-37,38(28,37)18-27)40-21-33(49)45-9-6-7-30(45)20-39/h23,27-28,30-32,34-35,40,46-48,50-51H,2-19,21-22,24-26H2,1H3/t27?,28?,30-,31-,32+,34+,35+,36?,37?,38?/m0/s1. The van der Waals surface area contributed by atoms with E-state index >= 15 is 0 Å². The zero-order chi connectivity index (χ0) is 38.3. The van der Waals surface area contributed by atoms with E-state index in [1.165, 1.54) is 12.8 Å². The van der Waals surface area contributed by atoms with Gasteiger partial charge in [0, 0.05) is 36.8 Å². The van der Waals surface area contributed by atoms with Gasteiger partial charge in [-0.15, -0.1) is 5.10 Å². The third-order valence-electron chi connectivity index (χ3n) is 13.2. The summed E-state index contributed by atoms with van der Waals surface area (Å²) in [4.78, 5) is 16.7. The van der Waals surface area contributed by atoms with Crippen LogP contribution in [0.3, 0.4) is 0 Å². The lowest BCUT2D eigenvalue weighted by molar-refractivity contribution is -0.343. The largest absolute Gasteiger partial charge is 0.394 e.